The molecule has 0 bridgehead atoms. The van der Waals surface area contributed by atoms with Gasteiger partial charge in [0.15, 0.2) is 0 Å². The molecule has 6 heteroatoms. The van der Waals surface area contributed by atoms with Crippen molar-refractivity contribution in [3.63, 3.8) is 0 Å². The van der Waals surface area contributed by atoms with Crippen LogP contribution in [-0.2, 0) is 14.3 Å². The van der Waals surface area contributed by atoms with Crippen LogP contribution in [0.3, 0.4) is 0 Å². The van der Waals surface area contributed by atoms with Crippen LogP contribution in [0, 0.1) is 0 Å². The fourth-order valence-electron chi connectivity index (χ4n) is 8.25. The van der Waals surface area contributed by atoms with Crippen molar-refractivity contribution < 1.29 is 24.5 Å². The van der Waals surface area contributed by atoms with Gasteiger partial charge in [-0.2, -0.15) is 0 Å². The van der Waals surface area contributed by atoms with Gasteiger partial charge in [0.2, 0.25) is 5.91 Å². The smallest absolute Gasteiger partial charge is 0.305 e. The van der Waals surface area contributed by atoms with Gasteiger partial charge in [0, 0.05) is 12.8 Å². The minimum Gasteiger partial charge on any atom is -0.466 e. The maximum atomic E-state index is 12.4. The van der Waals surface area contributed by atoms with E-state index in [4.69, 9.17) is 4.74 Å². The van der Waals surface area contributed by atoms with Crippen molar-refractivity contribution in [1.82, 2.24) is 5.32 Å². The van der Waals surface area contributed by atoms with Gasteiger partial charge in [0.05, 0.1) is 25.4 Å². The molecule has 374 valence electrons. The number of aliphatic hydroxyl groups excluding tert-OH is 2. The number of rotatable bonds is 51. The van der Waals surface area contributed by atoms with Gasteiger partial charge >= 0.3 is 5.97 Å². The molecule has 0 aliphatic heterocycles. The van der Waals surface area contributed by atoms with Gasteiger partial charge in [0.25, 0.3) is 0 Å². The lowest BCUT2D eigenvalue weighted by Crippen LogP contribution is -2.45. The van der Waals surface area contributed by atoms with Crippen molar-refractivity contribution in [3.05, 3.63) is 48.6 Å². The van der Waals surface area contributed by atoms with E-state index in [-0.39, 0.29) is 18.5 Å². The quantitative estimate of drug-likeness (QED) is 0.0321. The topological polar surface area (TPSA) is 95.9 Å². The predicted octanol–water partition coefficient (Wildman–Crippen LogP) is 17.0. The molecular weight excluding hydrogens is 791 g/mol. The summed E-state index contributed by atoms with van der Waals surface area (Å²) in [6, 6.07) is -0.668. The highest BCUT2D eigenvalue weighted by atomic mass is 16.5. The summed E-state index contributed by atoms with van der Waals surface area (Å²) in [5, 5.41) is 23.1. The SMILES string of the molecule is CCCCCC/C=C\C/C=C\CCCCCCCC(=O)OCCCCCC/C=C\CCCC(=O)NC(CO)C(O)/C=C/CCCCCCCCCCCCCCCCCCCCCC. The summed E-state index contributed by atoms with van der Waals surface area (Å²) in [5.41, 5.74) is 0. The second-order valence-corrected chi connectivity index (χ2v) is 18.9. The maximum absolute atomic E-state index is 12.4. The third-order valence-corrected chi connectivity index (χ3v) is 12.6. The Morgan fingerprint density at radius 1 is 0.438 bits per heavy atom. The number of carbonyl (C=O) groups is 2. The second kappa shape index (κ2) is 53.4. The van der Waals surface area contributed by atoms with Crippen LogP contribution in [0.4, 0.5) is 0 Å². The molecular formula is C58H107NO5. The van der Waals surface area contributed by atoms with Crippen molar-refractivity contribution in [2.45, 2.75) is 296 Å². The molecule has 0 aromatic carbocycles. The monoisotopic (exact) mass is 898 g/mol. The molecule has 64 heavy (non-hydrogen) atoms. The zero-order valence-corrected chi connectivity index (χ0v) is 42.5. The molecule has 0 aromatic rings. The number of ether oxygens (including phenoxy) is 1. The summed E-state index contributed by atoms with van der Waals surface area (Å²) in [6.45, 7) is 4.79. The van der Waals surface area contributed by atoms with E-state index in [0.29, 0.717) is 19.4 Å². The molecule has 0 spiro atoms. The summed E-state index contributed by atoms with van der Waals surface area (Å²) < 4.78 is 5.44. The fraction of sp³-hybridized carbons (Fsp3) is 0.828. The Balaban J connectivity index is 3.58. The summed E-state index contributed by atoms with van der Waals surface area (Å²) in [4.78, 5) is 24.5. The first kappa shape index (κ1) is 61.8. The standard InChI is InChI=1S/C58H107NO5/c1-3-5-7-9-11-13-15-17-19-21-22-23-24-25-26-27-29-31-34-38-42-46-50-56(61)55(54-60)59-57(62)51-47-43-39-35-33-37-41-45-49-53-64-58(63)52-48-44-40-36-32-30-28-20-18-16-14-12-10-8-6-4-2/h14,16,20,28,35,39,46,50,55-56,60-61H,3-13,15,17-19,21-27,29-34,36-38,40-45,47-49,51-54H2,1-2H3,(H,59,62)/b16-14-,28-20-,39-35-,50-46+. The van der Waals surface area contributed by atoms with Crippen LogP contribution in [0.25, 0.3) is 0 Å². The molecule has 2 atom stereocenters. The highest BCUT2D eigenvalue weighted by Crippen LogP contribution is 2.16. The lowest BCUT2D eigenvalue weighted by Gasteiger charge is -2.19. The van der Waals surface area contributed by atoms with Crippen LogP contribution in [0.2, 0.25) is 0 Å². The molecule has 1 amide bonds. The third kappa shape index (κ3) is 49.3. The fourth-order valence-corrected chi connectivity index (χ4v) is 8.25. The van der Waals surface area contributed by atoms with Crippen LogP contribution in [0.5, 0.6) is 0 Å². The van der Waals surface area contributed by atoms with E-state index in [1.807, 2.05) is 6.08 Å². The van der Waals surface area contributed by atoms with Crippen molar-refractivity contribution in [3.8, 4) is 0 Å². The molecule has 0 aliphatic carbocycles. The van der Waals surface area contributed by atoms with Gasteiger partial charge in [-0.1, -0.05) is 236 Å². The third-order valence-electron chi connectivity index (χ3n) is 12.6. The van der Waals surface area contributed by atoms with Crippen molar-refractivity contribution >= 4 is 11.9 Å². The van der Waals surface area contributed by atoms with Gasteiger partial charge in [-0.3, -0.25) is 9.59 Å². The van der Waals surface area contributed by atoms with Crippen molar-refractivity contribution in [2.24, 2.45) is 0 Å². The van der Waals surface area contributed by atoms with Gasteiger partial charge in [0.1, 0.15) is 0 Å². The van der Waals surface area contributed by atoms with E-state index < -0.39 is 12.1 Å². The summed E-state index contributed by atoms with van der Waals surface area (Å²) in [5.74, 6) is -0.180. The molecule has 2 unspecified atom stereocenters. The van der Waals surface area contributed by atoms with E-state index in [2.05, 4.69) is 55.6 Å². The zero-order valence-electron chi connectivity index (χ0n) is 42.5. The predicted molar refractivity (Wildman–Crippen MR) is 278 cm³/mol. The number of esters is 1. The summed E-state index contributed by atoms with van der Waals surface area (Å²) in [6.07, 6.45) is 67.0. The highest BCUT2D eigenvalue weighted by Gasteiger charge is 2.18. The van der Waals surface area contributed by atoms with Crippen LogP contribution >= 0.6 is 0 Å². The Morgan fingerprint density at radius 2 is 0.797 bits per heavy atom. The maximum Gasteiger partial charge on any atom is 0.305 e. The molecule has 0 rings (SSSR count). The molecule has 0 radical (unpaired) electrons. The number of allylic oxidation sites excluding steroid dienone is 7. The summed E-state index contributed by atoms with van der Waals surface area (Å²) in [7, 11) is 0. The molecule has 0 saturated carbocycles. The van der Waals surface area contributed by atoms with E-state index in [1.165, 1.54) is 173 Å². The first-order valence-corrected chi connectivity index (χ1v) is 27.9. The zero-order chi connectivity index (χ0) is 46.5. The van der Waals surface area contributed by atoms with E-state index in [9.17, 15) is 19.8 Å². The van der Waals surface area contributed by atoms with Crippen LogP contribution in [-0.4, -0.2) is 47.4 Å². The minimum absolute atomic E-state index is 0.0516. The minimum atomic E-state index is -0.878. The highest BCUT2D eigenvalue weighted by molar-refractivity contribution is 5.76. The molecule has 0 aliphatic rings. The van der Waals surface area contributed by atoms with Crippen LogP contribution < -0.4 is 5.32 Å². The van der Waals surface area contributed by atoms with Gasteiger partial charge < -0.3 is 20.3 Å². The largest absolute Gasteiger partial charge is 0.466 e. The Labute approximate surface area is 397 Å². The van der Waals surface area contributed by atoms with Crippen molar-refractivity contribution in [1.29, 1.82) is 0 Å². The number of aliphatic hydroxyl groups is 2. The second-order valence-electron chi connectivity index (χ2n) is 18.9. The first-order valence-electron chi connectivity index (χ1n) is 27.9. The lowest BCUT2D eigenvalue weighted by molar-refractivity contribution is -0.143. The summed E-state index contributed by atoms with van der Waals surface area (Å²) >= 11 is 0. The number of hydrogen-bond donors (Lipinski definition) is 3. The Kier molecular flexibility index (Phi) is 51.6. The average Bonchev–Trinajstić information content (AvgIpc) is 3.29. The van der Waals surface area contributed by atoms with E-state index >= 15 is 0 Å². The first-order chi connectivity index (χ1) is 31.5. The average molecular weight is 898 g/mol. The van der Waals surface area contributed by atoms with Gasteiger partial charge in [-0.15, -0.1) is 0 Å². The number of amides is 1. The molecule has 0 aromatic heterocycles. The van der Waals surface area contributed by atoms with Crippen LogP contribution in [0.15, 0.2) is 48.6 Å². The van der Waals surface area contributed by atoms with E-state index in [1.54, 1.807) is 6.08 Å². The Bertz CT molecular complexity index is 1080. The molecule has 6 nitrogen and oxygen atoms in total. The normalized spacial score (nSPS) is 13.0. The number of carbonyl (C=O) groups excluding carboxylic acids is 2. The van der Waals surface area contributed by atoms with Gasteiger partial charge in [-0.05, 0) is 83.5 Å². The molecule has 0 saturated heterocycles. The molecule has 0 fully saturated rings. The molecule has 3 N–H and O–H groups in total. The van der Waals surface area contributed by atoms with Gasteiger partial charge in [-0.25, -0.2) is 0 Å². The number of unbranched alkanes of at least 4 members (excludes halogenated alkanes) is 34. The number of nitrogens with one attached hydrogen (secondary N) is 1. The Hall–Kier alpha value is -2.18. The van der Waals surface area contributed by atoms with E-state index in [0.717, 1.165) is 83.5 Å². The molecule has 0 heterocycles. The lowest BCUT2D eigenvalue weighted by atomic mass is 10.0. The Morgan fingerprint density at radius 3 is 1.25 bits per heavy atom. The number of hydrogen-bond acceptors (Lipinski definition) is 5. The van der Waals surface area contributed by atoms with Crippen LogP contribution in [0.1, 0.15) is 284 Å². The van der Waals surface area contributed by atoms with Crippen molar-refractivity contribution in [2.75, 3.05) is 13.2 Å².